The van der Waals surface area contributed by atoms with Crippen LogP contribution < -0.4 is 18.9 Å². The van der Waals surface area contributed by atoms with E-state index in [2.05, 4.69) is 0 Å². The van der Waals surface area contributed by atoms with E-state index in [1.165, 1.54) is 0 Å². The molecule has 0 radical (unpaired) electrons. The van der Waals surface area contributed by atoms with E-state index in [1.807, 2.05) is 0 Å². The van der Waals surface area contributed by atoms with Crippen LogP contribution in [0.4, 0.5) is 0 Å². The van der Waals surface area contributed by atoms with E-state index < -0.39 is 0 Å². The molecule has 0 bridgehead atoms. The van der Waals surface area contributed by atoms with Crippen LogP contribution in [0.5, 0.6) is 23.0 Å². The Morgan fingerprint density at radius 2 is 0.938 bits per heavy atom. The summed E-state index contributed by atoms with van der Waals surface area (Å²) in [4.78, 5) is 25.4. The van der Waals surface area contributed by atoms with Gasteiger partial charge in [-0.15, -0.1) is 0 Å². The van der Waals surface area contributed by atoms with Gasteiger partial charge in [0.25, 0.3) is 0 Å². The van der Waals surface area contributed by atoms with Gasteiger partial charge in [0.2, 0.25) is 0 Å². The van der Waals surface area contributed by atoms with Crippen LogP contribution in [0.2, 0.25) is 0 Å². The van der Waals surface area contributed by atoms with Gasteiger partial charge in [-0.25, -0.2) is 0 Å². The molecule has 4 atom stereocenters. The molecule has 2 fully saturated rings. The minimum atomic E-state index is -0.158. The van der Waals surface area contributed by atoms with Crippen molar-refractivity contribution < 1.29 is 28.5 Å². The first-order valence-electron chi connectivity index (χ1n) is 11.3. The maximum atomic E-state index is 12.7. The largest absolute Gasteiger partial charge is 0.497 e. The van der Waals surface area contributed by atoms with Crippen molar-refractivity contribution in [2.75, 3.05) is 14.2 Å². The van der Waals surface area contributed by atoms with Gasteiger partial charge in [-0.3, -0.25) is 9.59 Å². The maximum absolute atomic E-state index is 12.7. The smallest absolute Gasteiger partial charge is 0.314 e. The fraction of sp³-hybridized carbons (Fsp3) is 0.462. The Balaban J connectivity index is 1.27. The standard InChI is InChI=1S/C26H30O6/c1-29-21-7-11-23(12-8-21)31-25(27)19-5-3-18-16-20(6-4-17(18)15-19)26(28)32-24-13-9-22(30-2)10-14-24/h7-14,17-20H,3-6,15-16H2,1-2H3. The maximum Gasteiger partial charge on any atom is 0.314 e. The molecule has 6 nitrogen and oxygen atoms in total. The van der Waals surface area contributed by atoms with Crippen LogP contribution in [0.3, 0.4) is 0 Å². The van der Waals surface area contributed by atoms with Crippen molar-refractivity contribution in [3.8, 4) is 23.0 Å². The number of hydrogen-bond acceptors (Lipinski definition) is 6. The molecular formula is C26H30O6. The summed E-state index contributed by atoms with van der Waals surface area (Å²) in [7, 11) is 3.21. The first-order valence-corrected chi connectivity index (χ1v) is 11.3. The molecule has 0 heterocycles. The molecule has 2 aromatic rings. The van der Waals surface area contributed by atoms with Gasteiger partial charge >= 0.3 is 11.9 Å². The molecule has 2 aliphatic rings. The van der Waals surface area contributed by atoms with Crippen LogP contribution in [-0.4, -0.2) is 26.2 Å². The van der Waals surface area contributed by atoms with Gasteiger partial charge in [-0.1, -0.05) is 0 Å². The monoisotopic (exact) mass is 438 g/mol. The van der Waals surface area contributed by atoms with Crippen molar-refractivity contribution in [1.29, 1.82) is 0 Å². The molecule has 4 rings (SSSR count). The summed E-state index contributed by atoms with van der Waals surface area (Å²) < 4.78 is 21.5. The van der Waals surface area contributed by atoms with Gasteiger partial charge in [0, 0.05) is 0 Å². The summed E-state index contributed by atoms with van der Waals surface area (Å²) in [5.74, 6) is 2.99. The van der Waals surface area contributed by atoms with E-state index in [-0.39, 0.29) is 23.8 Å². The summed E-state index contributed by atoms with van der Waals surface area (Å²) in [6.45, 7) is 0. The number of fused-ring (bicyclic) bond motifs is 1. The molecule has 0 aliphatic heterocycles. The van der Waals surface area contributed by atoms with Crippen LogP contribution >= 0.6 is 0 Å². The molecule has 4 unspecified atom stereocenters. The minimum absolute atomic E-state index is 0.0823. The lowest BCUT2D eigenvalue weighted by molar-refractivity contribution is -0.145. The summed E-state index contributed by atoms with van der Waals surface area (Å²) in [6.07, 6.45) is 5.16. The molecule has 2 aliphatic carbocycles. The van der Waals surface area contributed by atoms with Gasteiger partial charge in [0.1, 0.15) is 23.0 Å². The van der Waals surface area contributed by atoms with Gasteiger partial charge in [-0.2, -0.15) is 0 Å². The molecule has 170 valence electrons. The average Bonchev–Trinajstić information content (AvgIpc) is 2.84. The summed E-state index contributed by atoms with van der Waals surface area (Å²) in [6, 6.07) is 14.1. The van der Waals surface area contributed by atoms with Crippen molar-refractivity contribution in [2.45, 2.75) is 38.5 Å². The minimum Gasteiger partial charge on any atom is -0.497 e. The van der Waals surface area contributed by atoms with Crippen molar-refractivity contribution in [3.63, 3.8) is 0 Å². The van der Waals surface area contributed by atoms with Crippen molar-refractivity contribution in [3.05, 3.63) is 48.5 Å². The second-order valence-corrected chi connectivity index (χ2v) is 8.73. The van der Waals surface area contributed by atoms with E-state index in [9.17, 15) is 9.59 Å². The molecular weight excluding hydrogens is 408 g/mol. The van der Waals surface area contributed by atoms with E-state index >= 15 is 0 Å². The highest BCUT2D eigenvalue weighted by atomic mass is 16.5. The third kappa shape index (κ3) is 5.23. The molecule has 0 amide bonds. The topological polar surface area (TPSA) is 71.1 Å². The molecule has 2 saturated carbocycles. The zero-order chi connectivity index (χ0) is 22.5. The third-order valence-electron chi connectivity index (χ3n) is 6.84. The predicted octanol–water partition coefficient (Wildman–Crippen LogP) is 5.05. The van der Waals surface area contributed by atoms with Crippen LogP contribution in [0.1, 0.15) is 38.5 Å². The lowest BCUT2D eigenvalue weighted by Gasteiger charge is -2.40. The van der Waals surface area contributed by atoms with Crippen molar-refractivity contribution in [2.24, 2.45) is 23.7 Å². The summed E-state index contributed by atoms with van der Waals surface area (Å²) in [5, 5.41) is 0. The Kier molecular flexibility index (Phi) is 6.98. The van der Waals surface area contributed by atoms with Crippen LogP contribution in [0.25, 0.3) is 0 Å². The second-order valence-electron chi connectivity index (χ2n) is 8.73. The number of ether oxygens (including phenoxy) is 4. The quantitative estimate of drug-likeness (QED) is 0.464. The number of methoxy groups -OCH3 is 2. The van der Waals surface area contributed by atoms with E-state index in [0.717, 1.165) is 50.0 Å². The molecule has 0 saturated heterocycles. The molecule has 0 N–H and O–H groups in total. The first kappa shape index (κ1) is 22.2. The first-order chi connectivity index (χ1) is 15.6. The lowest BCUT2D eigenvalue weighted by atomic mass is 9.65. The zero-order valence-electron chi connectivity index (χ0n) is 18.6. The number of hydrogen-bond donors (Lipinski definition) is 0. The average molecular weight is 439 g/mol. The zero-order valence-corrected chi connectivity index (χ0v) is 18.6. The highest BCUT2D eigenvalue weighted by molar-refractivity contribution is 5.76. The Morgan fingerprint density at radius 3 is 1.28 bits per heavy atom. The summed E-state index contributed by atoms with van der Waals surface area (Å²) >= 11 is 0. The molecule has 32 heavy (non-hydrogen) atoms. The fourth-order valence-corrected chi connectivity index (χ4v) is 5.00. The van der Waals surface area contributed by atoms with E-state index in [1.54, 1.807) is 62.8 Å². The van der Waals surface area contributed by atoms with Gasteiger partial charge in [0.15, 0.2) is 0 Å². The van der Waals surface area contributed by atoms with Crippen LogP contribution in [-0.2, 0) is 9.59 Å². The fourth-order valence-electron chi connectivity index (χ4n) is 5.00. The van der Waals surface area contributed by atoms with Crippen LogP contribution in [0, 0.1) is 23.7 Å². The van der Waals surface area contributed by atoms with Gasteiger partial charge < -0.3 is 18.9 Å². The predicted molar refractivity (Wildman–Crippen MR) is 119 cm³/mol. The number of esters is 2. The normalized spacial score (nSPS) is 24.7. The molecule has 6 heteroatoms. The lowest BCUT2D eigenvalue weighted by Crippen LogP contribution is -2.37. The number of carbonyl (C=O) groups excluding carboxylic acids is 2. The van der Waals surface area contributed by atoms with Crippen LogP contribution in [0.15, 0.2) is 48.5 Å². The third-order valence-corrected chi connectivity index (χ3v) is 6.84. The number of rotatable bonds is 6. The summed E-state index contributed by atoms with van der Waals surface area (Å²) in [5.41, 5.74) is 0. The van der Waals surface area contributed by atoms with E-state index in [0.29, 0.717) is 23.3 Å². The Bertz CT molecular complexity index is 843. The molecule has 0 spiro atoms. The van der Waals surface area contributed by atoms with Crippen molar-refractivity contribution in [1.82, 2.24) is 0 Å². The van der Waals surface area contributed by atoms with E-state index in [4.69, 9.17) is 18.9 Å². The van der Waals surface area contributed by atoms with Gasteiger partial charge in [0.05, 0.1) is 26.1 Å². The second kappa shape index (κ2) is 10.1. The Morgan fingerprint density at radius 1 is 0.594 bits per heavy atom. The number of carbonyl (C=O) groups is 2. The highest BCUT2D eigenvalue weighted by Gasteiger charge is 2.40. The SMILES string of the molecule is COc1ccc(OC(=O)C2CCC3CC(C(=O)Oc4ccc(OC)cc4)CCC3C2)cc1. The Hall–Kier alpha value is -3.02. The number of benzene rings is 2. The Labute approximate surface area is 188 Å². The molecule has 0 aromatic heterocycles. The van der Waals surface area contributed by atoms with Crippen molar-refractivity contribution >= 4 is 11.9 Å². The highest BCUT2D eigenvalue weighted by Crippen LogP contribution is 2.45. The van der Waals surface area contributed by atoms with Gasteiger partial charge in [-0.05, 0) is 98.9 Å². The molecule has 2 aromatic carbocycles.